The summed E-state index contributed by atoms with van der Waals surface area (Å²) in [6, 6.07) is 7.35. The van der Waals surface area contributed by atoms with E-state index < -0.39 is 11.8 Å². The lowest BCUT2D eigenvalue weighted by Crippen LogP contribution is -2.39. The predicted molar refractivity (Wildman–Crippen MR) is 132 cm³/mol. The second-order valence-corrected chi connectivity index (χ2v) is 9.86. The van der Waals surface area contributed by atoms with Gasteiger partial charge in [0.15, 0.2) is 0 Å². The lowest BCUT2D eigenvalue weighted by atomic mass is 9.61. The zero-order chi connectivity index (χ0) is 25.4. The third kappa shape index (κ3) is 4.68. The number of aryl methyl sites for hydroxylation is 2. The number of aromatic nitrogens is 1. The first-order valence-corrected chi connectivity index (χ1v) is 12.1. The van der Waals surface area contributed by atoms with Crippen molar-refractivity contribution in [1.82, 2.24) is 4.57 Å². The van der Waals surface area contributed by atoms with Crippen molar-refractivity contribution in [2.24, 2.45) is 11.3 Å². The maximum Gasteiger partial charge on any atom is 0.306 e. The molecule has 1 saturated carbocycles. The van der Waals surface area contributed by atoms with Gasteiger partial charge in [-0.25, -0.2) is 8.78 Å². The van der Waals surface area contributed by atoms with Crippen molar-refractivity contribution >= 4 is 16.9 Å². The van der Waals surface area contributed by atoms with E-state index in [1.807, 2.05) is 32.3 Å². The Morgan fingerprint density at radius 3 is 2.38 bits per heavy atom. The highest BCUT2D eigenvalue weighted by atomic mass is 19.1. The minimum Gasteiger partial charge on any atom is -0.507 e. The van der Waals surface area contributed by atoms with E-state index in [-0.39, 0.29) is 28.8 Å². The summed E-state index contributed by atoms with van der Waals surface area (Å²) in [6.07, 6.45) is 2.68. The predicted octanol–water partition coefficient (Wildman–Crippen LogP) is 7.51. The topological polar surface area (TPSA) is 62.5 Å². The number of phenols is 1. The number of benzene rings is 2. The van der Waals surface area contributed by atoms with E-state index in [9.17, 15) is 23.8 Å². The van der Waals surface area contributed by atoms with Crippen LogP contribution in [0.25, 0.3) is 16.6 Å². The fourth-order valence-corrected chi connectivity index (χ4v) is 5.30. The van der Waals surface area contributed by atoms with Crippen LogP contribution in [-0.2, 0) is 11.2 Å². The van der Waals surface area contributed by atoms with Crippen molar-refractivity contribution < 1.29 is 23.8 Å². The Balaban J connectivity index is 0.00000158. The highest BCUT2D eigenvalue weighted by Gasteiger charge is 2.43. The molecule has 2 N–H and O–H groups in total. The lowest BCUT2D eigenvalue weighted by Gasteiger charge is -2.43. The van der Waals surface area contributed by atoms with Crippen molar-refractivity contribution in [3.8, 4) is 11.4 Å². The number of carbonyl (C=O) groups is 1. The van der Waals surface area contributed by atoms with Gasteiger partial charge in [0.25, 0.3) is 0 Å². The van der Waals surface area contributed by atoms with E-state index in [0.717, 1.165) is 29.4 Å². The zero-order valence-corrected chi connectivity index (χ0v) is 20.9. The molecule has 184 valence electrons. The van der Waals surface area contributed by atoms with Crippen molar-refractivity contribution in [3.05, 3.63) is 58.8 Å². The Hall–Kier alpha value is -2.89. The molecule has 1 aromatic heterocycles. The standard InChI is InChI=1S/C26H29F2NO3.C2H6/c1-14(2)24-19(7-8-26(4)12-16(13-26)25(31)32)23-21(10-17(27)11-22(23)30)29(24)18-5-6-20(28)15(3)9-18;1-2/h5-6,9-11,14,16,30H,7-8,12-13H2,1-4H3,(H,31,32);1-2H3. The van der Waals surface area contributed by atoms with Crippen LogP contribution < -0.4 is 0 Å². The molecule has 0 saturated heterocycles. The second kappa shape index (κ2) is 9.77. The molecular weight excluding hydrogens is 436 g/mol. The third-order valence-corrected chi connectivity index (χ3v) is 6.91. The fourth-order valence-electron chi connectivity index (χ4n) is 5.30. The number of carboxylic acid groups (broad SMARTS) is 1. The van der Waals surface area contributed by atoms with Crippen LogP contribution in [-0.4, -0.2) is 20.7 Å². The normalized spacial score (nSPS) is 19.6. The second-order valence-electron chi connectivity index (χ2n) is 9.86. The van der Waals surface area contributed by atoms with Gasteiger partial charge in [-0.1, -0.05) is 34.6 Å². The van der Waals surface area contributed by atoms with E-state index in [4.69, 9.17) is 0 Å². The fraction of sp³-hybridized carbons (Fsp3) is 0.464. The molecule has 1 aliphatic carbocycles. The molecule has 0 atom stereocenters. The summed E-state index contributed by atoms with van der Waals surface area (Å²) in [4.78, 5) is 11.3. The van der Waals surface area contributed by atoms with E-state index in [1.54, 1.807) is 19.1 Å². The maximum atomic E-state index is 14.3. The Labute approximate surface area is 200 Å². The van der Waals surface area contributed by atoms with Gasteiger partial charge in [0.05, 0.1) is 11.4 Å². The zero-order valence-electron chi connectivity index (χ0n) is 20.9. The highest BCUT2D eigenvalue weighted by Crippen LogP contribution is 2.50. The van der Waals surface area contributed by atoms with Crippen LogP contribution in [0.5, 0.6) is 5.75 Å². The quantitative estimate of drug-likeness (QED) is 0.391. The maximum absolute atomic E-state index is 14.3. The molecule has 0 radical (unpaired) electrons. The van der Waals surface area contributed by atoms with Crippen LogP contribution in [0, 0.1) is 29.9 Å². The van der Waals surface area contributed by atoms with Gasteiger partial charge in [-0.2, -0.15) is 0 Å². The Morgan fingerprint density at radius 2 is 1.82 bits per heavy atom. The number of halogens is 2. The molecule has 0 amide bonds. The van der Waals surface area contributed by atoms with Crippen molar-refractivity contribution in [2.45, 2.75) is 73.1 Å². The van der Waals surface area contributed by atoms with Gasteiger partial charge in [-0.05, 0) is 79.3 Å². The van der Waals surface area contributed by atoms with Crippen LogP contribution in [0.4, 0.5) is 8.78 Å². The minimum absolute atomic E-state index is 0.0613. The van der Waals surface area contributed by atoms with Crippen molar-refractivity contribution in [1.29, 1.82) is 0 Å². The number of aromatic hydroxyl groups is 1. The third-order valence-electron chi connectivity index (χ3n) is 6.91. The molecule has 2 aromatic carbocycles. The largest absolute Gasteiger partial charge is 0.507 e. The first-order valence-electron chi connectivity index (χ1n) is 12.1. The number of rotatable bonds is 6. The number of fused-ring (bicyclic) bond motifs is 1. The van der Waals surface area contributed by atoms with Gasteiger partial charge in [-0.15, -0.1) is 0 Å². The van der Waals surface area contributed by atoms with Crippen molar-refractivity contribution in [3.63, 3.8) is 0 Å². The molecule has 1 fully saturated rings. The number of hydrogen-bond acceptors (Lipinski definition) is 2. The summed E-state index contributed by atoms with van der Waals surface area (Å²) in [7, 11) is 0. The molecule has 0 spiro atoms. The first kappa shape index (κ1) is 25.7. The van der Waals surface area contributed by atoms with Crippen LogP contribution >= 0.6 is 0 Å². The minimum atomic E-state index is -0.748. The van der Waals surface area contributed by atoms with Crippen LogP contribution in [0.1, 0.15) is 76.6 Å². The smallest absolute Gasteiger partial charge is 0.306 e. The Kier molecular flexibility index (Phi) is 7.39. The summed E-state index contributed by atoms with van der Waals surface area (Å²) in [6.45, 7) is 11.9. The molecule has 4 rings (SSSR count). The molecule has 1 aliphatic rings. The van der Waals surface area contributed by atoms with Crippen LogP contribution in [0.2, 0.25) is 0 Å². The molecule has 0 aliphatic heterocycles. The highest BCUT2D eigenvalue weighted by molar-refractivity contribution is 5.93. The van der Waals surface area contributed by atoms with Gasteiger partial charge < -0.3 is 14.8 Å². The van der Waals surface area contributed by atoms with E-state index in [0.29, 0.717) is 35.7 Å². The first-order chi connectivity index (χ1) is 16.0. The van der Waals surface area contributed by atoms with E-state index >= 15 is 0 Å². The molecule has 4 nitrogen and oxygen atoms in total. The molecule has 1 heterocycles. The van der Waals surface area contributed by atoms with Crippen LogP contribution in [0.15, 0.2) is 30.3 Å². The summed E-state index contributed by atoms with van der Waals surface area (Å²) < 4.78 is 30.2. The number of aliphatic carboxylic acids is 1. The van der Waals surface area contributed by atoms with Crippen molar-refractivity contribution in [2.75, 3.05) is 0 Å². The molecule has 34 heavy (non-hydrogen) atoms. The molecular formula is C28H35F2NO3. The van der Waals surface area contributed by atoms with Gasteiger partial charge in [-0.3, -0.25) is 4.79 Å². The Morgan fingerprint density at radius 1 is 1.18 bits per heavy atom. The van der Waals surface area contributed by atoms with E-state index in [2.05, 4.69) is 6.92 Å². The average Bonchev–Trinajstić information content (AvgIpc) is 3.08. The lowest BCUT2D eigenvalue weighted by molar-refractivity contribution is -0.149. The van der Waals surface area contributed by atoms with E-state index in [1.165, 1.54) is 12.1 Å². The SMILES string of the molecule is CC.Cc1cc(-n2c(C(C)C)c(CCC3(C)CC(C(=O)O)C3)c3c(O)cc(F)cc32)ccc1F. The molecule has 0 unspecified atom stereocenters. The average molecular weight is 472 g/mol. The van der Waals surface area contributed by atoms with Gasteiger partial charge in [0.2, 0.25) is 0 Å². The monoisotopic (exact) mass is 471 g/mol. The number of carboxylic acids is 1. The summed E-state index contributed by atoms with van der Waals surface area (Å²) in [5, 5.41) is 20.6. The van der Waals surface area contributed by atoms with Gasteiger partial charge >= 0.3 is 5.97 Å². The Bertz CT molecular complexity index is 1210. The molecule has 6 heteroatoms. The number of nitrogens with zero attached hydrogens (tertiary/aromatic N) is 1. The van der Waals surface area contributed by atoms with Crippen LogP contribution in [0.3, 0.4) is 0 Å². The number of phenolic OH excluding ortho intramolecular Hbond substituents is 1. The molecule has 3 aromatic rings. The number of hydrogen-bond donors (Lipinski definition) is 2. The molecule has 0 bridgehead atoms. The van der Waals surface area contributed by atoms with Gasteiger partial charge in [0.1, 0.15) is 17.4 Å². The summed E-state index contributed by atoms with van der Waals surface area (Å²) in [5.41, 5.74) is 3.57. The summed E-state index contributed by atoms with van der Waals surface area (Å²) in [5.74, 6) is -1.94. The summed E-state index contributed by atoms with van der Waals surface area (Å²) >= 11 is 0. The van der Waals surface area contributed by atoms with Gasteiger partial charge in [0, 0.05) is 22.8 Å².